The summed E-state index contributed by atoms with van der Waals surface area (Å²) >= 11 is 0. The molecule has 1 heterocycles. The number of aromatic nitrogens is 1. The summed E-state index contributed by atoms with van der Waals surface area (Å²) in [5.74, 6) is 0.905. The van der Waals surface area contributed by atoms with Gasteiger partial charge < -0.3 is 15.5 Å². The van der Waals surface area contributed by atoms with E-state index in [1.54, 1.807) is 13.2 Å². The molecule has 2 N–H and O–H groups in total. The van der Waals surface area contributed by atoms with E-state index >= 15 is 0 Å². The molecule has 1 amide bonds. The lowest BCUT2D eigenvalue weighted by Gasteiger charge is -2.24. The predicted molar refractivity (Wildman–Crippen MR) is 78.2 cm³/mol. The molecular weight excluding hydrogens is 240 g/mol. The van der Waals surface area contributed by atoms with Crippen LogP contribution in [0.15, 0.2) is 18.3 Å². The Bertz CT molecular complexity index is 395. The molecule has 106 valence electrons. The first-order chi connectivity index (χ1) is 9.22. The fraction of sp³-hybridized carbons (Fsp3) is 0.571. The van der Waals surface area contributed by atoms with Crippen molar-refractivity contribution in [2.24, 2.45) is 0 Å². The Morgan fingerprint density at radius 1 is 1.42 bits per heavy atom. The SMILES string of the molecule is CCCN(CC(=O)NC)c1ncccc1CNCC. The van der Waals surface area contributed by atoms with Crippen LogP contribution >= 0.6 is 0 Å². The molecule has 1 rings (SSSR count). The number of nitrogens with zero attached hydrogens (tertiary/aromatic N) is 2. The first kappa shape index (κ1) is 15.4. The summed E-state index contributed by atoms with van der Waals surface area (Å²) in [7, 11) is 1.66. The van der Waals surface area contributed by atoms with Crippen molar-refractivity contribution in [3.8, 4) is 0 Å². The quantitative estimate of drug-likeness (QED) is 0.739. The largest absolute Gasteiger partial charge is 0.358 e. The van der Waals surface area contributed by atoms with Gasteiger partial charge in [-0.3, -0.25) is 4.79 Å². The van der Waals surface area contributed by atoms with Crippen LogP contribution in [-0.2, 0) is 11.3 Å². The van der Waals surface area contributed by atoms with Gasteiger partial charge in [0, 0.05) is 31.9 Å². The van der Waals surface area contributed by atoms with Crippen molar-refractivity contribution in [2.45, 2.75) is 26.8 Å². The molecule has 0 aliphatic rings. The van der Waals surface area contributed by atoms with E-state index < -0.39 is 0 Å². The van der Waals surface area contributed by atoms with Gasteiger partial charge in [0.25, 0.3) is 0 Å². The Morgan fingerprint density at radius 2 is 2.21 bits per heavy atom. The molecule has 0 aliphatic heterocycles. The van der Waals surface area contributed by atoms with E-state index in [4.69, 9.17) is 0 Å². The second-order valence-electron chi connectivity index (χ2n) is 4.36. The third kappa shape index (κ3) is 4.87. The summed E-state index contributed by atoms with van der Waals surface area (Å²) in [6, 6.07) is 3.98. The minimum atomic E-state index is 0.00787. The highest BCUT2D eigenvalue weighted by Crippen LogP contribution is 2.17. The second kappa shape index (κ2) is 8.48. The fourth-order valence-corrected chi connectivity index (χ4v) is 1.89. The summed E-state index contributed by atoms with van der Waals surface area (Å²) in [6.07, 6.45) is 2.76. The van der Waals surface area contributed by atoms with Gasteiger partial charge in [0.2, 0.25) is 5.91 Å². The van der Waals surface area contributed by atoms with Crippen LogP contribution in [-0.4, -0.2) is 37.6 Å². The summed E-state index contributed by atoms with van der Waals surface area (Å²) in [4.78, 5) is 18.1. The molecule has 0 spiro atoms. The third-order valence-electron chi connectivity index (χ3n) is 2.84. The molecule has 0 aromatic carbocycles. The first-order valence-electron chi connectivity index (χ1n) is 6.83. The van der Waals surface area contributed by atoms with Crippen LogP contribution in [0, 0.1) is 0 Å². The Kier molecular flexibility index (Phi) is 6.89. The zero-order chi connectivity index (χ0) is 14.1. The number of nitrogens with one attached hydrogen (secondary N) is 2. The first-order valence-corrected chi connectivity index (χ1v) is 6.83. The van der Waals surface area contributed by atoms with E-state index in [1.165, 1.54) is 0 Å². The average molecular weight is 264 g/mol. The van der Waals surface area contributed by atoms with Crippen molar-refractivity contribution in [1.29, 1.82) is 0 Å². The highest BCUT2D eigenvalue weighted by Gasteiger charge is 2.14. The Hall–Kier alpha value is -1.62. The van der Waals surface area contributed by atoms with E-state index in [1.807, 2.05) is 11.0 Å². The highest BCUT2D eigenvalue weighted by atomic mass is 16.1. The molecule has 0 bridgehead atoms. The zero-order valence-corrected chi connectivity index (χ0v) is 12.1. The average Bonchev–Trinajstić information content (AvgIpc) is 2.44. The maximum Gasteiger partial charge on any atom is 0.239 e. The summed E-state index contributed by atoms with van der Waals surface area (Å²) in [5.41, 5.74) is 1.13. The number of carbonyl (C=O) groups is 1. The van der Waals surface area contributed by atoms with Gasteiger partial charge in [0.15, 0.2) is 0 Å². The van der Waals surface area contributed by atoms with Crippen molar-refractivity contribution in [1.82, 2.24) is 15.6 Å². The van der Waals surface area contributed by atoms with Crippen LogP contribution < -0.4 is 15.5 Å². The number of amides is 1. The fourth-order valence-electron chi connectivity index (χ4n) is 1.89. The van der Waals surface area contributed by atoms with Gasteiger partial charge in [-0.1, -0.05) is 19.9 Å². The molecule has 0 unspecified atom stereocenters. The summed E-state index contributed by atoms with van der Waals surface area (Å²) < 4.78 is 0. The van der Waals surface area contributed by atoms with Crippen molar-refractivity contribution < 1.29 is 4.79 Å². The van der Waals surface area contributed by atoms with Gasteiger partial charge in [0.1, 0.15) is 5.82 Å². The van der Waals surface area contributed by atoms with E-state index in [0.29, 0.717) is 6.54 Å². The maximum absolute atomic E-state index is 11.6. The second-order valence-corrected chi connectivity index (χ2v) is 4.36. The van der Waals surface area contributed by atoms with E-state index in [9.17, 15) is 4.79 Å². The lowest BCUT2D eigenvalue weighted by atomic mass is 10.2. The van der Waals surface area contributed by atoms with Gasteiger partial charge in [-0.2, -0.15) is 0 Å². The normalized spacial score (nSPS) is 10.3. The molecule has 0 atom stereocenters. The molecule has 1 aromatic rings. The lowest BCUT2D eigenvalue weighted by Crippen LogP contribution is -2.37. The third-order valence-corrected chi connectivity index (χ3v) is 2.84. The number of carbonyl (C=O) groups excluding carboxylic acids is 1. The van der Waals surface area contributed by atoms with Gasteiger partial charge in [-0.15, -0.1) is 0 Å². The molecule has 0 aliphatic carbocycles. The van der Waals surface area contributed by atoms with Gasteiger partial charge in [0.05, 0.1) is 6.54 Å². The summed E-state index contributed by atoms with van der Waals surface area (Å²) in [5, 5.41) is 5.96. The number of likely N-dealkylation sites (N-methyl/N-ethyl adjacent to an activating group) is 1. The molecule has 1 aromatic heterocycles. The van der Waals surface area contributed by atoms with Crippen LogP contribution in [0.25, 0.3) is 0 Å². The van der Waals surface area contributed by atoms with Crippen molar-refractivity contribution in [3.05, 3.63) is 23.9 Å². The van der Waals surface area contributed by atoms with Crippen molar-refractivity contribution in [3.63, 3.8) is 0 Å². The standard InChI is InChI=1S/C14H24N4O/c1-4-9-18(11-13(19)15-3)14-12(10-16-5-2)7-6-8-17-14/h6-8,16H,4-5,9-11H2,1-3H3,(H,15,19). The molecule has 0 saturated heterocycles. The number of rotatable bonds is 8. The lowest BCUT2D eigenvalue weighted by molar-refractivity contribution is -0.119. The molecular formula is C14H24N4O. The minimum absolute atomic E-state index is 0.00787. The van der Waals surface area contributed by atoms with E-state index in [0.717, 1.165) is 37.4 Å². The van der Waals surface area contributed by atoms with Crippen molar-refractivity contribution in [2.75, 3.05) is 31.6 Å². The van der Waals surface area contributed by atoms with Crippen LogP contribution in [0.5, 0.6) is 0 Å². The van der Waals surface area contributed by atoms with Crippen LogP contribution in [0.1, 0.15) is 25.8 Å². The molecule has 5 heteroatoms. The van der Waals surface area contributed by atoms with Crippen LogP contribution in [0.2, 0.25) is 0 Å². The zero-order valence-electron chi connectivity index (χ0n) is 12.1. The van der Waals surface area contributed by atoms with E-state index in [-0.39, 0.29) is 5.91 Å². The van der Waals surface area contributed by atoms with E-state index in [2.05, 4.69) is 35.5 Å². The predicted octanol–water partition coefficient (Wildman–Crippen LogP) is 1.15. The molecule has 0 fully saturated rings. The van der Waals surface area contributed by atoms with Gasteiger partial charge in [-0.25, -0.2) is 4.98 Å². The Balaban J connectivity index is 2.90. The number of pyridine rings is 1. The molecule has 19 heavy (non-hydrogen) atoms. The minimum Gasteiger partial charge on any atom is -0.358 e. The topological polar surface area (TPSA) is 57.3 Å². The highest BCUT2D eigenvalue weighted by molar-refractivity contribution is 5.80. The monoisotopic (exact) mass is 264 g/mol. The number of hydrogen-bond donors (Lipinski definition) is 2. The van der Waals surface area contributed by atoms with Crippen molar-refractivity contribution >= 4 is 11.7 Å². The van der Waals surface area contributed by atoms with Crippen LogP contribution in [0.3, 0.4) is 0 Å². The van der Waals surface area contributed by atoms with Crippen LogP contribution in [0.4, 0.5) is 5.82 Å². The number of hydrogen-bond acceptors (Lipinski definition) is 4. The maximum atomic E-state index is 11.6. The summed E-state index contributed by atoms with van der Waals surface area (Å²) in [6.45, 7) is 7.03. The smallest absolute Gasteiger partial charge is 0.239 e. The van der Waals surface area contributed by atoms with Gasteiger partial charge >= 0.3 is 0 Å². The Labute approximate surface area is 115 Å². The number of anilines is 1. The molecule has 0 saturated carbocycles. The molecule has 5 nitrogen and oxygen atoms in total. The Morgan fingerprint density at radius 3 is 2.84 bits per heavy atom. The van der Waals surface area contributed by atoms with Gasteiger partial charge in [-0.05, 0) is 19.0 Å². The molecule has 0 radical (unpaired) electrons.